The summed E-state index contributed by atoms with van der Waals surface area (Å²) in [7, 11) is 0. The van der Waals surface area contributed by atoms with Crippen LogP contribution in [0.1, 0.15) is 11.5 Å². The molecule has 0 saturated heterocycles. The Morgan fingerprint density at radius 1 is 1.00 bits per heavy atom. The van der Waals surface area contributed by atoms with Gasteiger partial charge in [-0.25, -0.2) is 9.59 Å². The molecule has 0 bridgehead atoms. The topological polar surface area (TPSA) is 125 Å². The Hall–Kier alpha value is -2.14. The molecule has 0 aliphatic carbocycles. The van der Waals surface area contributed by atoms with Crippen LogP contribution in [0.3, 0.4) is 0 Å². The van der Waals surface area contributed by atoms with Gasteiger partial charge in [-0.15, -0.1) is 0 Å². The average Bonchev–Trinajstić information content (AvgIpc) is 2.83. The third kappa shape index (κ3) is 5.83. The third-order valence-electron chi connectivity index (χ3n) is 1.62. The highest BCUT2D eigenvalue weighted by Gasteiger charge is 2.07. The van der Waals surface area contributed by atoms with Gasteiger partial charge in [-0.3, -0.25) is 0 Å². The molecule has 0 spiro atoms. The molecule has 0 aliphatic rings. The van der Waals surface area contributed by atoms with Crippen molar-refractivity contribution in [2.45, 2.75) is 13.2 Å². The number of carbonyl (C=O) groups is 2. The second-order valence-corrected chi connectivity index (χ2v) is 3.47. The van der Waals surface area contributed by atoms with Crippen LogP contribution in [0.15, 0.2) is 25.3 Å². The van der Waals surface area contributed by atoms with E-state index in [-0.39, 0.29) is 47.7 Å². The van der Waals surface area contributed by atoms with Gasteiger partial charge in [0.25, 0.3) is 0 Å². The molecule has 11 heteroatoms. The summed E-state index contributed by atoms with van der Waals surface area (Å²) in [6.07, 6.45) is -2.04. The minimum absolute atomic E-state index is 0.211. The molecule has 9 nitrogen and oxygen atoms in total. The van der Waals surface area contributed by atoms with Gasteiger partial charge in [-0.2, -0.15) is 8.42 Å². The van der Waals surface area contributed by atoms with E-state index in [0.717, 1.165) is 0 Å². The second-order valence-electron chi connectivity index (χ2n) is 2.81. The van der Waals surface area contributed by atoms with E-state index >= 15 is 0 Å². The number of ether oxygens (including phenoxy) is 2. The van der Waals surface area contributed by atoms with E-state index in [1.54, 1.807) is 0 Å². The molecule has 1 heterocycles. The first-order valence-electron chi connectivity index (χ1n) is 4.57. The molecule has 0 radical (unpaired) electrons. The molecular weight excluding hydrogens is 300 g/mol. The number of hydrogen-bond donors (Lipinski definition) is 0. The third-order valence-corrected chi connectivity index (χ3v) is 2.06. The van der Waals surface area contributed by atoms with Crippen LogP contribution in [0.2, 0.25) is 0 Å². The number of furan rings is 1. The predicted octanol–water partition coefficient (Wildman–Crippen LogP) is 1.35. The first kappa shape index (κ1) is 14.9. The van der Waals surface area contributed by atoms with Gasteiger partial charge in [0.2, 0.25) is 22.9 Å². The van der Waals surface area contributed by atoms with Crippen LogP contribution in [0.5, 0.6) is 0 Å². The van der Waals surface area contributed by atoms with Crippen LogP contribution >= 0.6 is 0 Å². The van der Waals surface area contributed by atoms with Crippen molar-refractivity contribution >= 4 is 35.1 Å². The lowest BCUT2D eigenvalue weighted by atomic mass is 10.4. The van der Waals surface area contributed by atoms with Crippen molar-refractivity contribution in [3.63, 3.8) is 0 Å². The molecular formula is C8H6N2O7S2. The van der Waals surface area contributed by atoms with Crippen LogP contribution in [0, 0.1) is 0 Å². The van der Waals surface area contributed by atoms with Crippen LogP contribution in [0.25, 0.3) is 0 Å². The Kier molecular flexibility index (Phi) is 6.32. The molecule has 0 aromatic carbocycles. The quantitative estimate of drug-likeness (QED) is 0.821. The first-order chi connectivity index (χ1) is 9.15. The fourth-order valence-electron chi connectivity index (χ4n) is 0.957. The van der Waals surface area contributed by atoms with Crippen molar-refractivity contribution in [3.05, 3.63) is 23.7 Å². The van der Waals surface area contributed by atoms with E-state index in [9.17, 15) is 18.0 Å². The van der Waals surface area contributed by atoms with Gasteiger partial charge in [0.15, 0.2) is 13.2 Å². The molecule has 102 valence electrons. The predicted molar refractivity (Wildman–Crippen MR) is 60.2 cm³/mol. The molecule has 0 aliphatic heterocycles. The number of amides is 2. The largest absolute Gasteiger partial charge is 0.459 e. The molecule has 0 atom stereocenters. The zero-order valence-electron chi connectivity index (χ0n) is 9.14. The zero-order chi connectivity index (χ0) is 14.1. The number of carbonyl (C=O) groups excluding carboxylic acids is 2. The van der Waals surface area contributed by atoms with Gasteiger partial charge in [0.05, 0.1) is 0 Å². The number of rotatable bonds is 4. The summed E-state index contributed by atoms with van der Waals surface area (Å²) in [5.41, 5.74) is 0. The van der Waals surface area contributed by atoms with Crippen LogP contribution < -0.4 is 0 Å². The van der Waals surface area contributed by atoms with Crippen molar-refractivity contribution in [2.75, 3.05) is 0 Å². The van der Waals surface area contributed by atoms with E-state index in [4.69, 9.17) is 4.42 Å². The smallest absolute Gasteiger partial charge is 0.447 e. The molecule has 1 rings (SSSR count). The second kappa shape index (κ2) is 8.05. The fourth-order valence-corrected chi connectivity index (χ4v) is 1.18. The molecule has 1 aromatic heterocycles. The lowest BCUT2D eigenvalue weighted by molar-refractivity contribution is 0.132. The zero-order valence-corrected chi connectivity index (χ0v) is 10.8. The summed E-state index contributed by atoms with van der Waals surface area (Å²) >= 11 is -0.519. The minimum Gasteiger partial charge on any atom is -0.459 e. The van der Waals surface area contributed by atoms with E-state index in [0.29, 0.717) is 0 Å². The highest BCUT2D eigenvalue weighted by molar-refractivity contribution is 7.55. The fraction of sp³-hybridized carbons (Fsp3) is 0.250. The highest BCUT2D eigenvalue weighted by Crippen LogP contribution is 2.11. The summed E-state index contributed by atoms with van der Waals surface area (Å²) in [5, 5.41) is 0. The summed E-state index contributed by atoms with van der Waals surface area (Å²) < 4.78 is 39.8. The highest BCUT2D eigenvalue weighted by atomic mass is 32.1. The van der Waals surface area contributed by atoms with Crippen molar-refractivity contribution in [3.8, 4) is 0 Å². The monoisotopic (exact) mass is 306 g/mol. The lowest BCUT2D eigenvalue weighted by Gasteiger charge is -1.98. The molecule has 0 unspecified atom stereocenters. The van der Waals surface area contributed by atoms with Crippen molar-refractivity contribution < 1.29 is 31.9 Å². The van der Waals surface area contributed by atoms with E-state index in [1.165, 1.54) is 12.1 Å². The SMILES string of the molecule is O=S=NC(=O)OCc1ccc(COC(=O)N=S=O)o1. The molecule has 0 saturated carbocycles. The summed E-state index contributed by atoms with van der Waals surface area (Å²) in [4.78, 5) is 21.5. The van der Waals surface area contributed by atoms with Crippen molar-refractivity contribution in [1.29, 1.82) is 0 Å². The normalized spacial score (nSPS) is 9.26. The van der Waals surface area contributed by atoms with Gasteiger partial charge >= 0.3 is 12.2 Å². The molecule has 0 N–H and O–H groups in total. The Bertz CT molecular complexity index is 523. The average molecular weight is 306 g/mol. The molecule has 2 amide bonds. The van der Waals surface area contributed by atoms with Crippen LogP contribution in [0.4, 0.5) is 9.59 Å². The van der Waals surface area contributed by atoms with Crippen LogP contribution in [-0.2, 0) is 45.6 Å². The Morgan fingerprint density at radius 2 is 1.42 bits per heavy atom. The first-order valence-corrected chi connectivity index (χ1v) is 5.96. The Balaban J connectivity index is 2.44. The molecule has 1 aromatic rings. The van der Waals surface area contributed by atoms with Gasteiger partial charge < -0.3 is 13.9 Å². The van der Waals surface area contributed by atoms with Crippen LogP contribution in [-0.4, -0.2) is 20.6 Å². The Labute approximate surface area is 113 Å². The van der Waals surface area contributed by atoms with Gasteiger partial charge in [-0.1, -0.05) is 8.73 Å². The lowest BCUT2D eigenvalue weighted by Crippen LogP contribution is -1.98. The number of hydrogen-bond acceptors (Lipinski definition) is 7. The summed E-state index contributed by atoms with van der Waals surface area (Å²) in [6, 6.07) is 2.97. The maximum atomic E-state index is 10.7. The summed E-state index contributed by atoms with van der Waals surface area (Å²) in [6.45, 7) is -0.421. The Morgan fingerprint density at radius 3 is 1.79 bits per heavy atom. The maximum Gasteiger partial charge on any atom is 0.447 e. The van der Waals surface area contributed by atoms with Crippen molar-refractivity contribution in [2.24, 2.45) is 8.73 Å². The maximum absolute atomic E-state index is 10.7. The number of nitrogens with zero attached hydrogens (tertiary/aromatic N) is 2. The van der Waals surface area contributed by atoms with E-state index in [1.807, 2.05) is 0 Å². The molecule has 0 fully saturated rings. The summed E-state index contributed by atoms with van der Waals surface area (Å²) in [5.74, 6) is 0.557. The van der Waals surface area contributed by atoms with Crippen molar-refractivity contribution in [1.82, 2.24) is 0 Å². The standard InChI is InChI=1S/C8H6N2O7S2/c11-7(9-18-13)15-3-5-1-2-6(17-5)4-16-8(12)10-19-14/h1-2H,3-4H2. The molecule has 19 heavy (non-hydrogen) atoms. The minimum atomic E-state index is -1.02. The van der Waals surface area contributed by atoms with Gasteiger partial charge in [0.1, 0.15) is 11.5 Å². The van der Waals surface area contributed by atoms with Gasteiger partial charge in [-0.05, 0) is 12.1 Å². The van der Waals surface area contributed by atoms with E-state index < -0.39 is 12.2 Å². The van der Waals surface area contributed by atoms with Gasteiger partial charge in [0, 0.05) is 0 Å². The van der Waals surface area contributed by atoms with E-state index in [2.05, 4.69) is 18.2 Å².